The molecule has 4 aromatic rings. The van der Waals surface area contributed by atoms with Crippen LogP contribution in [0.1, 0.15) is 18.8 Å². The Labute approximate surface area is 119 Å². The average Bonchev–Trinajstić information content (AvgIpc) is 3.14. The summed E-state index contributed by atoms with van der Waals surface area (Å²) < 4.78 is 0. The lowest BCUT2D eigenvalue weighted by Gasteiger charge is -2.12. The molecule has 0 aliphatic carbocycles. The van der Waals surface area contributed by atoms with Crippen molar-refractivity contribution in [3.8, 4) is 0 Å². The molecule has 0 saturated carbocycles. The summed E-state index contributed by atoms with van der Waals surface area (Å²) in [5.41, 5.74) is 3.41. The second kappa shape index (κ2) is 4.55. The predicted molar refractivity (Wildman–Crippen MR) is 79.8 cm³/mol. The van der Waals surface area contributed by atoms with Crippen molar-refractivity contribution in [2.45, 2.75) is 13.0 Å². The molecule has 21 heavy (non-hydrogen) atoms. The molecule has 0 unspecified atom stereocenters. The predicted octanol–water partition coefficient (Wildman–Crippen LogP) is 2.40. The fourth-order valence-corrected chi connectivity index (χ4v) is 2.33. The molecule has 0 bridgehead atoms. The first kappa shape index (κ1) is 11.8. The van der Waals surface area contributed by atoms with Crippen molar-refractivity contribution in [1.29, 1.82) is 0 Å². The average molecular weight is 279 g/mol. The molecule has 0 fully saturated rings. The molecule has 7 nitrogen and oxygen atoms in total. The number of benzene rings is 1. The zero-order chi connectivity index (χ0) is 14.2. The first-order valence-electron chi connectivity index (χ1n) is 6.66. The Morgan fingerprint density at radius 1 is 1.14 bits per heavy atom. The van der Waals surface area contributed by atoms with Gasteiger partial charge in [0.15, 0.2) is 11.5 Å². The fourth-order valence-electron chi connectivity index (χ4n) is 2.33. The van der Waals surface area contributed by atoms with Crippen molar-refractivity contribution in [3.05, 3.63) is 42.7 Å². The summed E-state index contributed by atoms with van der Waals surface area (Å²) in [4.78, 5) is 23.4. The lowest BCUT2D eigenvalue weighted by atomic mass is 10.3. The molecule has 104 valence electrons. The summed E-state index contributed by atoms with van der Waals surface area (Å²) in [7, 11) is 0. The summed E-state index contributed by atoms with van der Waals surface area (Å²) >= 11 is 0. The monoisotopic (exact) mass is 279 g/mol. The number of rotatable bonds is 3. The van der Waals surface area contributed by atoms with Gasteiger partial charge in [0.1, 0.15) is 17.7 Å². The van der Waals surface area contributed by atoms with Crippen LogP contribution in [0.15, 0.2) is 36.9 Å². The van der Waals surface area contributed by atoms with E-state index in [2.05, 4.69) is 35.2 Å². The largest absolute Gasteiger partial charge is 0.359 e. The van der Waals surface area contributed by atoms with E-state index in [0.29, 0.717) is 11.5 Å². The van der Waals surface area contributed by atoms with Crippen molar-refractivity contribution in [1.82, 2.24) is 29.9 Å². The Bertz CT molecular complexity index is 875. The van der Waals surface area contributed by atoms with Crippen LogP contribution < -0.4 is 5.32 Å². The van der Waals surface area contributed by atoms with Crippen LogP contribution in [0.4, 0.5) is 5.82 Å². The number of nitrogens with one attached hydrogen (secondary N) is 3. The Balaban J connectivity index is 1.68. The van der Waals surface area contributed by atoms with E-state index in [-0.39, 0.29) is 6.04 Å². The number of nitrogens with zero attached hydrogens (tertiary/aromatic N) is 4. The van der Waals surface area contributed by atoms with Gasteiger partial charge in [-0.05, 0) is 19.1 Å². The molecule has 1 aromatic carbocycles. The van der Waals surface area contributed by atoms with Crippen molar-refractivity contribution in [2.75, 3.05) is 5.32 Å². The third-order valence-corrected chi connectivity index (χ3v) is 3.39. The quantitative estimate of drug-likeness (QED) is 0.535. The second-order valence-corrected chi connectivity index (χ2v) is 4.83. The summed E-state index contributed by atoms with van der Waals surface area (Å²) in [5.74, 6) is 1.58. The first-order valence-corrected chi connectivity index (χ1v) is 6.66. The van der Waals surface area contributed by atoms with Crippen LogP contribution >= 0.6 is 0 Å². The number of imidazole rings is 2. The number of anilines is 1. The molecule has 4 rings (SSSR count). The third-order valence-electron chi connectivity index (χ3n) is 3.39. The summed E-state index contributed by atoms with van der Waals surface area (Å²) in [6.07, 6.45) is 3.10. The SMILES string of the molecule is C[C@H](Nc1ncnc2nc[nH]c12)c1nc2ccccc2[nH]1. The van der Waals surface area contributed by atoms with Crippen molar-refractivity contribution in [3.63, 3.8) is 0 Å². The van der Waals surface area contributed by atoms with E-state index in [1.54, 1.807) is 6.33 Å². The van der Waals surface area contributed by atoms with Crippen LogP contribution in [0, 0.1) is 0 Å². The molecular formula is C14H13N7. The number of fused-ring (bicyclic) bond motifs is 2. The molecular weight excluding hydrogens is 266 g/mol. The molecule has 3 N–H and O–H groups in total. The summed E-state index contributed by atoms with van der Waals surface area (Å²) in [6.45, 7) is 2.03. The van der Waals surface area contributed by atoms with Crippen molar-refractivity contribution >= 4 is 28.0 Å². The zero-order valence-corrected chi connectivity index (χ0v) is 11.3. The number of hydrogen-bond donors (Lipinski definition) is 3. The first-order chi connectivity index (χ1) is 10.3. The Hall–Kier alpha value is -2.96. The van der Waals surface area contributed by atoms with Crippen LogP contribution in [0.2, 0.25) is 0 Å². The molecule has 3 aromatic heterocycles. The molecule has 7 heteroatoms. The second-order valence-electron chi connectivity index (χ2n) is 4.83. The van der Waals surface area contributed by atoms with Gasteiger partial charge in [-0.25, -0.2) is 19.9 Å². The van der Waals surface area contributed by atoms with Gasteiger partial charge in [-0.2, -0.15) is 0 Å². The van der Waals surface area contributed by atoms with E-state index in [1.807, 2.05) is 31.2 Å². The van der Waals surface area contributed by atoms with E-state index in [0.717, 1.165) is 22.4 Å². The molecule has 1 atom stereocenters. The van der Waals surface area contributed by atoms with Crippen LogP contribution in [0.3, 0.4) is 0 Å². The van der Waals surface area contributed by atoms with Crippen LogP contribution in [0.5, 0.6) is 0 Å². The van der Waals surface area contributed by atoms with Gasteiger partial charge < -0.3 is 15.3 Å². The summed E-state index contributed by atoms with van der Waals surface area (Å²) in [5, 5.41) is 3.33. The highest BCUT2D eigenvalue weighted by atomic mass is 15.1. The van der Waals surface area contributed by atoms with Crippen molar-refractivity contribution in [2.24, 2.45) is 0 Å². The highest BCUT2D eigenvalue weighted by molar-refractivity contribution is 5.82. The molecule has 3 heterocycles. The van der Waals surface area contributed by atoms with Gasteiger partial charge in [0.2, 0.25) is 0 Å². The highest BCUT2D eigenvalue weighted by Gasteiger charge is 2.13. The number of H-pyrrole nitrogens is 2. The maximum atomic E-state index is 4.59. The lowest BCUT2D eigenvalue weighted by molar-refractivity contribution is 0.809. The number of aromatic amines is 2. The van der Waals surface area contributed by atoms with Gasteiger partial charge in [0.25, 0.3) is 0 Å². The Morgan fingerprint density at radius 3 is 2.95 bits per heavy atom. The molecule has 0 amide bonds. The zero-order valence-electron chi connectivity index (χ0n) is 11.3. The third kappa shape index (κ3) is 1.99. The Kier molecular flexibility index (Phi) is 2.56. The van der Waals surface area contributed by atoms with Crippen LogP contribution in [-0.4, -0.2) is 29.9 Å². The minimum absolute atomic E-state index is 0.0150. The highest BCUT2D eigenvalue weighted by Crippen LogP contribution is 2.22. The van der Waals surface area contributed by atoms with E-state index >= 15 is 0 Å². The molecule has 0 spiro atoms. The lowest BCUT2D eigenvalue weighted by Crippen LogP contribution is -2.10. The van der Waals surface area contributed by atoms with Crippen LogP contribution in [0.25, 0.3) is 22.2 Å². The minimum Gasteiger partial charge on any atom is -0.359 e. The molecule has 0 radical (unpaired) electrons. The van der Waals surface area contributed by atoms with Gasteiger partial charge in [-0.15, -0.1) is 0 Å². The standard InChI is InChI=1S/C14H13N7/c1-8(12-20-9-4-2-3-5-10(9)21-12)19-14-11-13(16-6-15-11)17-7-18-14/h2-8H,1H3,(H,20,21)(H2,15,16,17,18,19)/t8-/m0/s1. The minimum atomic E-state index is -0.0150. The van der Waals surface area contributed by atoms with Crippen molar-refractivity contribution < 1.29 is 0 Å². The number of aromatic nitrogens is 6. The molecule has 0 aliphatic rings. The van der Waals surface area contributed by atoms with Gasteiger partial charge >= 0.3 is 0 Å². The van der Waals surface area contributed by atoms with E-state index < -0.39 is 0 Å². The number of para-hydroxylation sites is 2. The smallest absolute Gasteiger partial charge is 0.182 e. The summed E-state index contributed by atoms with van der Waals surface area (Å²) in [6, 6.07) is 7.94. The van der Waals surface area contributed by atoms with E-state index in [1.165, 1.54) is 6.33 Å². The molecule has 0 aliphatic heterocycles. The molecule has 0 saturated heterocycles. The fraction of sp³-hybridized carbons (Fsp3) is 0.143. The maximum absolute atomic E-state index is 4.59. The van der Waals surface area contributed by atoms with Gasteiger partial charge in [-0.1, -0.05) is 12.1 Å². The Morgan fingerprint density at radius 2 is 2.05 bits per heavy atom. The van der Waals surface area contributed by atoms with Crippen LogP contribution in [-0.2, 0) is 0 Å². The van der Waals surface area contributed by atoms with Gasteiger partial charge in [-0.3, -0.25) is 0 Å². The van der Waals surface area contributed by atoms with Gasteiger partial charge in [0.05, 0.1) is 23.4 Å². The van der Waals surface area contributed by atoms with E-state index in [9.17, 15) is 0 Å². The van der Waals surface area contributed by atoms with E-state index in [4.69, 9.17) is 0 Å². The normalized spacial score (nSPS) is 12.8. The topological polar surface area (TPSA) is 95.2 Å². The van der Waals surface area contributed by atoms with Gasteiger partial charge in [0, 0.05) is 0 Å². The maximum Gasteiger partial charge on any atom is 0.182 e. The number of hydrogen-bond acceptors (Lipinski definition) is 5.